The molecule has 0 bridgehead atoms. The van der Waals surface area contributed by atoms with Crippen LogP contribution >= 0.6 is 24.0 Å². The Morgan fingerprint density at radius 2 is 1.71 bits per heavy atom. The van der Waals surface area contributed by atoms with E-state index in [-0.39, 0.29) is 56.3 Å². The highest BCUT2D eigenvalue weighted by molar-refractivity contribution is 8.23. The maximum Gasteiger partial charge on any atom is 0.335 e. The van der Waals surface area contributed by atoms with Crippen molar-refractivity contribution in [3.8, 4) is 0 Å². The predicted octanol–water partition coefficient (Wildman–Crippen LogP) is 9.28. The van der Waals surface area contributed by atoms with Gasteiger partial charge in [-0.05, 0) is 116 Å². The van der Waals surface area contributed by atoms with E-state index < -0.39 is 0 Å². The molecule has 0 N–H and O–H groups in total. The minimum Gasteiger partial charge on any atom is -0.469 e. The van der Waals surface area contributed by atoms with E-state index in [4.69, 9.17) is 21.8 Å². The van der Waals surface area contributed by atoms with E-state index in [1.165, 1.54) is 11.8 Å². The Balaban J connectivity index is 1.14. The highest BCUT2D eigenvalue weighted by Crippen LogP contribution is 2.75. The van der Waals surface area contributed by atoms with Crippen LogP contribution in [0.2, 0.25) is 0 Å². The number of oxime groups is 1. The predicted molar refractivity (Wildman–Crippen MR) is 200 cm³/mol. The standard InChI is InChI=1S/C40H60N2O5S2/c1-35(2)19-21-40(33(45)46-8)22-20-38(6)26(27(40)24-35)13-14-29-37(5)17-16-30(36(3,4)28(37)15-18-39(29,38)7)41-47-32(44)12-10-9-11-23-42-31(43)25-49-34(42)48/h13,27-29H,9-12,14-25H2,1-8H3/b41-30-/t27-,28-,29-,37-,38+,39+,40-/m0/s1. The Morgan fingerprint density at radius 1 is 0.980 bits per heavy atom. The maximum atomic E-state index is 13.5. The van der Waals surface area contributed by atoms with Gasteiger partial charge in [-0.1, -0.05) is 95.7 Å². The number of carbonyl (C=O) groups excluding carboxylic acids is 3. The third-order valence-corrected chi connectivity index (χ3v) is 16.8. The fourth-order valence-electron chi connectivity index (χ4n) is 12.3. The van der Waals surface area contributed by atoms with E-state index >= 15 is 0 Å². The number of fused-ring (bicyclic) bond motifs is 7. The normalized spacial score (nSPS) is 40.1. The summed E-state index contributed by atoms with van der Waals surface area (Å²) in [5.41, 5.74) is 2.61. The first-order valence-corrected chi connectivity index (χ1v) is 20.4. The quantitative estimate of drug-likeness (QED) is 0.0620. The van der Waals surface area contributed by atoms with E-state index in [1.807, 2.05) is 0 Å². The summed E-state index contributed by atoms with van der Waals surface area (Å²) in [5.74, 6) is 1.52. The fourth-order valence-corrected chi connectivity index (χ4v) is 13.4. The molecule has 6 rings (SSSR count). The van der Waals surface area contributed by atoms with Crippen molar-refractivity contribution in [1.82, 2.24) is 4.90 Å². The summed E-state index contributed by atoms with van der Waals surface area (Å²) in [7, 11) is 1.58. The maximum absolute atomic E-state index is 13.5. The molecular weight excluding hydrogens is 653 g/mol. The smallest absolute Gasteiger partial charge is 0.335 e. The van der Waals surface area contributed by atoms with E-state index in [2.05, 4.69) is 59.7 Å². The molecule has 1 saturated heterocycles. The first-order chi connectivity index (χ1) is 22.9. The number of hydrogen-bond acceptors (Lipinski definition) is 8. The van der Waals surface area contributed by atoms with E-state index in [0.29, 0.717) is 41.3 Å². The molecule has 1 aliphatic heterocycles. The van der Waals surface area contributed by atoms with Crippen LogP contribution in [0.5, 0.6) is 0 Å². The Morgan fingerprint density at radius 3 is 2.41 bits per heavy atom. The molecule has 7 nitrogen and oxygen atoms in total. The number of unbranched alkanes of at least 4 members (excludes halogenated alkanes) is 2. The molecule has 0 unspecified atom stereocenters. The lowest BCUT2D eigenvalue weighted by Crippen LogP contribution is -2.64. The number of allylic oxidation sites excluding steroid dienone is 2. The number of thioether (sulfide) groups is 1. The topological polar surface area (TPSA) is 85.3 Å². The summed E-state index contributed by atoms with van der Waals surface area (Å²) in [4.78, 5) is 45.5. The van der Waals surface area contributed by atoms with Crippen LogP contribution in [0.3, 0.4) is 0 Å². The van der Waals surface area contributed by atoms with Gasteiger partial charge in [-0.2, -0.15) is 0 Å². The molecule has 49 heavy (non-hydrogen) atoms. The summed E-state index contributed by atoms with van der Waals surface area (Å²) < 4.78 is 6.21. The second-order valence-corrected chi connectivity index (χ2v) is 20.1. The zero-order valence-corrected chi connectivity index (χ0v) is 33.0. The van der Waals surface area contributed by atoms with Gasteiger partial charge < -0.3 is 9.57 Å². The van der Waals surface area contributed by atoms with Crippen LogP contribution in [0.15, 0.2) is 16.8 Å². The number of thiocarbonyl (C=S) groups is 1. The van der Waals surface area contributed by atoms with Crippen LogP contribution in [0.1, 0.15) is 138 Å². The number of hydrogen-bond donors (Lipinski definition) is 0. The van der Waals surface area contributed by atoms with Gasteiger partial charge in [0, 0.05) is 18.4 Å². The highest BCUT2D eigenvalue weighted by atomic mass is 32.2. The summed E-state index contributed by atoms with van der Waals surface area (Å²) >= 11 is 6.68. The molecule has 4 saturated carbocycles. The molecule has 0 spiro atoms. The molecule has 6 aliphatic rings. The summed E-state index contributed by atoms with van der Waals surface area (Å²) in [5, 5.41) is 4.57. The number of ether oxygens (including phenoxy) is 1. The average molecular weight is 713 g/mol. The first kappa shape index (κ1) is 37.0. The SMILES string of the molecule is COC(=O)[C@]12CCC(C)(C)C[C@H]1C1=CC[C@H]3[C@@]4(C)CC/C(=N/OC(=O)CCCCCN5C(=O)CSC5=S)C(C)(C)[C@@H]4CC[C@@]3(C)[C@]1(C)CC2. The Kier molecular flexibility index (Phi) is 9.85. The molecule has 0 aromatic carbocycles. The monoisotopic (exact) mass is 712 g/mol. The van der Waals surface area contributed by atoms with Crippen LogP contribution in [-0.4, -0.2) is 52.2 Å². The van der Waals surface area contributed by atoms with Crippen molar-refractivity contribution in [2.24, 2.45) is 55.4 Å². The molecule has 9 heteroatoms. The van der Waals surface area contributed by atoms with Gasteiger partial charge in [0.2, 0.25) is 5.91 Å². The molecule has 5 aliphatic carbocycles. The number of nitrogens with zero attached hydrogens (tertiary/aromatic N) is 2. The zero-order valence-electron chi connectivity index (χ0n) is 31.4. The highest BCUT2D eigenvalue weighted by Gasteiger charge is 2.69. The van der Waals surface area contributed by atoms with Crippen molar-refractivity contribution in [1.29, 1.82) is 0 Å². The molecule has 0 aromatic heterocycles. The number of carbonyl (C=O) groups is 3. The molecule has 1 amide bonds. The molecule has 0 radical (unpaired) electrons. The Labute approximate surface area is 304 Å². The van der Waals surface area contributed by atoms with Crippen LogP contribution in [0.25, 0.3) is 0 Å². The lowest BCUT2D eigenvalue weighted by molar-refractivity contribution is -0.181. The fraction of sp³-hybridized carbons (Fsp3) is 0.825. The number of amides is 1. The van der Waals surface area contributed by atoms with Gasteiger partial charge in [-0.3, -0.25) is 14.5 Å². The van der Waals surface area contributed by atoms with E-state index in [1.54, 1.807) is 17.6 Å². The molecule has 5 fully saturated rings. The Bertz CT molecular complexity index is 1440. The van der Waals surface area contributed by atoms with Crippen LogP contribution in [0.4, 0.5) is 0 Å². The molecule has 272 valence electrons. The summed E-state index contributed by atoms with van der Waals surface area (Å²) in [6.45, 7) is 17.8. The lowest BCUT2D eigenvalue weighted by atomic mass is 9.33. The second kappa shape index (κ2) is 13.0. The minimum atomic E-state index is -0.378. The second-order valence-electron chi connectivity index (χ2n) is 18.5. The van der Waals surface area contributed by atoms with Gasteiger partial charge in [0.1, 0.15) is 4.32 Å². The molecule has 7 atom stereocenters. The number of methoxy groups -OCH3 is 1. The average Bonchev–Trinajstić information content (AvgIpc) is 3.36. The van der Waals surface area contributed by atoms with Gasteiger partial charge in [-0.25, -0.2) is 4.79 Å². The van der Waals surface area contributed by atoms with Crippen molar-refractivity contribution < 1.29 is 24.0 Å². The summed E-state index contributed by atoms with van der Waals surface area (Å²) in [6, 6.07) is 0. The van der Waals surface area contributed by atoms with Crippen LogP contribution in [0, 0.1) is 50.2 Å². The van der Waals surface area contributed by atoms with Gasteiger partial charge in [0.25, 0.3) is 0 Å². The van der Waals surface area contributed by atoms with Crippen molar-refractivity contribution in [3.63, 3.8) is 0 Å². The Hall–Kier alpha value is -1.74. The van der Waals surface area contributed by atoms with Crippen LogP contribution in [-0.2, 0) is 24.0 Å². The lowest BCUT2D eigenvalue weighted by Gasteiger charge is -2.70. The number of esters is 1. The minimum absolute atomic E-state index is 0.0139. The largest absolute Gasteiger partial charge is 0.469 e. The van der Waals surface area contributed by atoms with E-state index in [0.717, 1.165) is 82.8 Å². The van der Waals surface area contributed by atoms with Crippen molar-refractivity contribution >= 4 is 51.9 Å². The number of rotatable bonds is 8. The third kappa shape index (κ3) is 5.96. The molecule has 0 aromatic rings. The summed E-state index contributed by atoms with van der Waals surface area (Å²) in [6.07, 6.45) is 15.6. The van der Waals surface area contributed by atoms with Crippen molar-refractivity contribution in [2.75, 3.05) is 19.4 Å². The van der Waals surface area contributed by atoms with Crippen LogP contribution < -0.4 is 0 Å². The van der Waals surface area contributed by atoms with Gasteiger partial charge in [0.15, 0.2) is 0 Å². The van der Waals surface area contributed by atoms with Gasteiger partial charge in [-0.15, -0.1) is 0 Å². The van der Waals surface area contributed by atoms with Crippen molar-refractivity contribution in [2.45, 2.75) is 138 Å². The van der Waals surface area contributed by atoms with E-state index in [9.17, 15) is 14.4 Å². The van der Waals surface area contributed by atoms with Gasteiger partial charge >= 0.3 is 11.9 Å². The van der Waals surface area contributed by atoms with Crippen molar-refractivity contribution in [3.05, 3.63) is 11.6 Å². The molecule has 1 heterocycles. The molecular formula is C40H60N2O5S2. The zero-order chi connectivity index (χ0) is 35.6. The van der Waals surface area contributed by atoms with Gasteiger partial charge in [0.05, 0.1) is 24.0 Å². The first-order valence-electron chi connectivity index (χ1n) is 19.0. The third-order valence-electron chi connectivity index (χ3n) is 15.4.